The number of pyridine rings is 2. The van der Waals surface area contributed by atoms with Gasteiger partial charge in [-0.2, -0.15) is 0 Å². The zero-order valence-corrected chi connectivity index (χ0v) is 9.58. The molecule has 2 aromatic rings. The molecule has 0 aliphatic carbocycles. The summed E-state index contributed by atoms with van der Waals surface area (Å²) >= 11 is 0. The maximum atomic E-state index is 11.8. The number of carbonyl (C=O) groups is 2. The lowest BCUT2D eigenvalue weighted by Gasteiger charge is -2.06. The molecule has 0 aliphatic rings. The van der Waals surface area contributed by atoms with Crippen LogP contribution in [-0.2, 0) is 0 Å². The number of hydrogen-bond acceptors (Lipinski definition) is 4. The van der Waals surface area contributed by atoms with Gasteiger partial charge in [-0.25, -0.2) is 9.78 Å². The van der Waals surface area contributed by atoms with Crippen molar-refractivity contribution in [3.8, 4) is 0 Å². The third kappa shape index (κ3) is 2.65. The summed E-state index contributed by atoms with van der Waals surface area (Å²) in [5, 5.41) is 11.2. The molecule has 0 unspecified atom stereocenters. The highest BCUT2D eigenvalue weighted by atomic mass is 16.4. The molecule has 3 N–H and O–H groups in total. The molecule has 0 radical (unpaired) electrons. The number of nitrogens with one attached hydrogen (secondary N) is 2. The van der Waals surface area contributed by atoms with Crippen molar-refractivity contribution in [1.29, 1.82) is 0 Å². The Bertz CT molecular complexity index is 693. The number of nitrogens with zero attached hydrogens (tertiary/aromatic N) is 1. The highest BCUT2D eigenvalue weighted by molar-refractivity contribution is 6.06. The Morgan fingerprint density at radius 2 is 2.05 bits per heavy atom. The third-order valence-corrected chi connectivity index (χ3v) is 2.34. The fourth-order valence-electron chi connectivity index (χ4n) is 1.45. The van der Waals surface area contributed by atoms with Gasteiger partial charge in [-0.1, -0.05) is 0 Å². The van der Waals surface area contributed by atoms with E-state index < -0.39 is 17.3 Å². The summed E-state index contributed by atoms with van der Waals surface area (Å²) < 4.78 is 0. The van der Waals surface area contributed by atoms with Gasteiger partial charge in [-0.15, -0.1) is 0 Å². The van der Waals surface area contributed by atoms with Gasteiger partial charge in [-0.05, 0) is 12.1 Å². The molecule has 19 heavy (non-hydrogen) atoms. The van der Waals surface area contributed by atoms with Crippen molar-refractivity contribution in [3.05, 3.63) is 58.1 Å². The van der Waals surface area contributed by atoms with Crippen LogP contribution in [0.5, 0.6) is 0 Å². The van der Waals surface area contributed by atoms with E-state index in [0.717, 1.165) is 0 Å². The van der Waals surface area contributed by atoms with Crippen LogP contribution in [-0.4, -0.2) is 27.0 Å². The van der Waals surface area contributed by atoms with Crippen molar-refractivity contribution in [2.75, 3.05) is 5.32 Å². The van der Waals surface area contributed by atoms with E-state index in [4.69, 9.17) is 5.11 Å². The van der Waals surface area contributed by atoms with Crippen LogP contribution in [0.3, 0.4) is 0 Å². The van der Waals surface area contributed by atoms with Gasteiger partial charge in [0.2, 0.25) is 0 Å². The Morgan fingerprint density at radius 1 is 1.26 bits per heavy atom. The van der Waals surface area contributed by atoms with Crippen molar-refractivity contribution >= 4 is 17.7 Å². The van der Waals surface area contributed by atoms with E-state index in [9.17, 15) is 14.4 Å². The van der Waals surface area contributed by atoms with Gasteiger partial charge in [0.25, 0.3) is 5.91 Å². The van der Waals surface area contributed by atoms with Crippen molar-refractivity contribution in [1.82, 2.24) is 9.97 Å². The number of H-pyrrole nitrogens is 1. The third-order valence-electron chi connectivity index (χ3n) is 2.34. The standard InChI is InChI=1S/C12H9N3O4/c16-9-3-5-13-6-8(9)11(17)15-10-7(12(18)19)2-1-4-14-10/h1-6H,(H,13,16)(H,18,19)(H,14,15,17). The number of aromatic carboxylic acids is 1. The van der Waals surface area contributed by atoms with Gasteiger partial charge in [0.1, 0.15) is 16.9 Å². The predicted molar refractivity (Wildman–Crippen MR) is 66.2 cm³/mol. The summed E-state index contributed by atoms with van der Waals surface area (Å²) in [6.45, 7) is 0. The first-order chi connectivity index (χ1) is 9.09. The average Bonchev–Trinajstić information content (AvgIpc) is 2.39. The zero-order chi connectivity index (χ0) is 13.8. The Morgan fingerprint density at radius 3 is 2.74 bits per heavy atom. The summed E-state index contributed by atoms with van der Waals surface area (Å²) in [6, 6.07) is 3.94. The molecule has 0 aliphatic heterocycles. The van der Waals surface area contributed by atoms with Crippen LogP contribution >= 0.6 is 0 Å². The highest BCUT2D eigenvalue weighted by Crippen LogP contribution is 2.11. The summed E-state index contributed by atoms with van der Waals surface area (Å²) in [7, 11) is 0. The number of rotatable bonds is 3. The lowest BCUT2D eigenvalue weighted by molar-refractivity contribution is 0.0697. The minimum atomic E-state index is -1.22. The number of aromatic amines is 1. The van der Waals surface area contributed by atoms with Crippen molar-refractivity contribution < 1.29 is 14.7 Å². The molecule has 2 aromatic heterocycles. The number of carbonyl (C=O) groups excluding carboxylic acids is 1. The van der Waals surface area contributed by atoms with Crippen LogP contribution in [0.15, 0.2) is 41.6 Å². The Kier molecular flexibility index (Phi) is 3.37. The largest absolute Gasteiger partial charge is 0.478 e. The fourth-order valence-corrected chi connectivity index (χ4v) is 1.45. The molecular weight excluding hydrogens is 250 g/mol. The Hall–Kier alpha value is -2.96. The quantitative estimate of drug-likeness (QED) is 0.751. The van der Waals surface area contributed by atoms with E-state index in [-0.39, 0.29) is 16.9 Å². The minimum Gasteiger partial charge on any atom is -0.478 e. The van der Waals surface area contributed by atoms with E-state index in [0.29, 0.717) is 0 Å². The number of aromatic nitrogens is 2. The predicted octanol–water partition coefficient (Wildman–Crippen LogP) is 0.720. The van der Waals surface area contributed by atoms with E-state index >= 15 is 0 Å². The molecule has 2 heterocycles. The van der Waals surface area contributed by atoms with Gasteiger partial charge in [0.05, 0.1) is 0 Å². The van der Waals surface area contributed by atoms with Crippen LogP contribution in [0.1, 0.15) is 20.7 Å². The molecule has 0 saturated carbocycles. The summed E-state index contributed by atoms with van der Waals surface area (Å²) in [5.74, 6) is -2.04. The van der Waals surface area contributed by atoms with Gasteiger partial charge < -0.3 is 15.4 Å². The molecule has 0 atom stereocenters. The number of carboxylic acid groups (broad SMARTS) is 1. The number of amides is 1. The van der Waals surface area contributed by atoms with Crippen molar-refractivity contribution in [3.63, 3.8) is 0 Å². The lowest BCUT2D eigenvalue weighted by atomic mass is 10.2. The molecule has 0 fully saturated rings. The van der Waals surface area contributed by atoms with E-state index in [1.54, 1.807) is 0 Å². The molecule has 7 nitrogen and oxygen atoms in total. The second kappa shape index (κ2) is 5.13. The van der Waals surface area contributed by atoms with Crippen LogP contribution in [0.25, 0.3) is 0 Å². The molecule has 7 heteroatoms. The summed E-state index contributed by atoms with van der Waals surface area (Å²) in [4.78, 5) is 40.6. The minimum absolute atomic E-state index is 0.108. The van der Waals surface area contributed by atoms with Crippen molar-refractivity contribution in [2.45, 2.75) is 0 Å². The molecule has 96 valence electrons. The second-order valence-electron chi connectivity index (χ2n) is 3.58. The molecule has 0 aromatic carbocycles. The van der Waals surface area contributed by atoms with Crippen LogP contribution in [0.2, 0.25) is 0 Å². The first-order valence-electron chi connectivity index (χ1n) is 5.26. The summed E-state index contributed by atoms with van der Waals surface area (Å²) in [5.41, 5.74) is -0.739. The summed E-state index contributed by atoms with van der Waals surface area (Å²) in [6.07, 6.45) is 3.97. The zero-order valence-electron chi connectivity index (χ0n) is 9.58. The maximum absolute atomic E-state index is 11.8. The van der Waals surface area contributed by atoms with E-state index in [1.807, 2.05) is 0 Å². The number of carboxylic acids is 1. The van der Waals surface area contributed by atoms with Gasteiger partial charge >= 0.3 is 5.97 Å². The molecule has 2 rings (SSSR count). The first-order valence-corrected chi connectivity index (χ1v) is 5.26. The molecule has 0 saturated heterocycles. The topological polar surface area (TPSA) is 112 Å². The Labute approximate surface area is 106 Å². The van der Waals surface area contributed by atoms with E-state index in [2.05, 4.69) is 15.3 Å². The monoisotopic (exact) mass is 259 g/mol. The van der Waals surface area contributed by atoms with Crippen LogP contribution in [0.4, 0.5) is 5.82 Å². The normalized spacial score (nSPS) is 9.89. The first kappa shape index (κ1) is 12.5. The highest BCUT2D eigenvalue weighted by Gasteiger charge is 2.15. The SMILES string of the molecule is O=C(O)c1cccnc1NC(=O)c1c[nH]ccc1=O. The average molecular weight is 259 g/mol. The van der Waals surface area contributed by atoms with Crippen LogP contribution < -0.4 is 10.7 Å². The maximum Gasteiger partial charge on any atom is 0.339 e. The van der Waals surface area contributed by atoms with Crippen molar-refractivity contribution in [2.24, 2.45) is 0 Å². The van der Waals surface area contributed by atoms with Crippen LogP contribution in [0, 0.1) is 0 Å². The fraction of sp³-hybridized carbons (Fsp3) is 0. The number of hydrogen-bond donors (Lipinski definition) is 3. The molecule has 0 spiro atoms. The molecule has 1 amide bonds. The lowest BCUT2D eigenvalue weighted by Crippen LogP contribution is -2.22. The smallest absolute Gasteiger partial charge is 0.339 e. The van der Waals surface area contributed by atoms with Gasteiger partial charge in [0.15, 0.2) is 5.43 Å². The van der Waals surface area contributed by atoms with E-state index in [1.165, 1.54) is 36.8 Å². The molecular formula is C12H9N3O4. The number of anilines is 1. The molecule has 0 bridgehead atoms. The van der Waals surface area contributed by atoms with Gasteiger partial charge in [0, 0.05) is 24.7 Å². The Balaban J connectivity index is 2.33. The second-order valence-corrected chi connectivity index (χ2v) is 3.58. The van der Waals surface area contributed by atoms with Gasteiger partial charge in [-0.3, -0.25) is 9.59 Å².